The number of carboxylic acid groups (broad SMARTS) is 2. The standard InChI is InChI=1S/C18H36O2.C8H16O2/c1-2-3-4-5-6-7-8-9-10-11-12-13-14-15-16-17-18(19)20;1-2-3-4-5-6-7-8(9)10/h2-17H2,1H3,(H,19,20);2-7H2,1H3,(H,9,10). The van der Waals surface area contributed by atoms with Crippen LogP contribution in [0.3, 0.4) is 0 Å². The zero-order chi connectivity index (χ0) is 22.7. The third-order valence-electron chi connectivity index (χ3n) is 5.49. The Morgan fingerprint density at radius 2 is 0.600 bits per heavy atom. The van der Waals surface area contributed by atoms with E-state index in [1.807, 2.05) is 0 Å². The average Bonchev–Trinajstić information content (AvgIpc) is 2.71. The van der Waals surface area contributed by atoms with Crippen LogP contribution < -0.4 is 0 Å². The molecule has 0 amide bonds. The molecule has 0 rings (SSSR count). The summed E-state index contributed by atoms with van der Waals surface area (Å²) >= 11 is 0. The second-order valence-corrected chi connectivity index (χ2v) is 8.65. The molecule has 0 bridgehead atoms. The van der Waals surface area contributed by atoms with Gasteiger partial charge in [-0.05, 0) is 12.8 Å². The quantitative estimate of drug-likeness (QED) is 0.169. The van der Waals surface area contributed by atoms with Crippen molar-refractivity contribution in [1.82, 2.24) is 0 Å². The highest BCUT2D eigenvalue weighted by atomic mass is 16.4. The summed E-state index contributed by atoms with van der Waals surface area (Å²) in [6.45, 7) is 4.42. The van der Waals surface area contributed by atoms with E-state index in [1.165, 1.54) is 103 Å². The Bertz CT molecular complexity index is 355. The number of aliphatic carboxylic acids is 2. The van der Waals surface area contributed by atoms with Gasteiger partial charge in [0.15, 0.2) is 0 Å². The maximum absolute atomic E-state index is 10.3. The van der Waals surface area contributed by atoms with Crippen LogP contribution in [0.25, 0.3) is 0 Å². The SMILES string of the molecule is CCCCCCCC(=O)O.CCCCCCCCCCCCCCCCCC(=O)O. The Balaban J connectivity index is 0. The molecule has 0 saturated carbocycles. The predicted octanol–water partition coefficient (Wildman–Crippen LogP) is 8.76. The van der Waals surface area contributed by atoms with Gasteiger partial charge < -0.3 is 10.2 Å². The van der Waals surface area contributed by atoms with Gasteiger partial charge in [-0.15, -0.1) is 0 Å². The maximum atomic E-state index is 10.3. The molecule has 0 heterocycles. The van der Waals surface area contributed by atoms with E-state index in [1.54, 1.807) is 0 Å². The molecule has 0 aromatic heterocycles. The van der Waals surface area contributed by atoms with Gasteiger partial charge in [0.25, 0.3) is 0 Å². The van der Waals surface area contributed by atoms with Crippen molar-refractivity contribution >= 4 is 11.9 Å². The van der Waals surface area contributed by atoms with Gasteiger partial charge >= 0.3 is 11.9 Å². The van der Waals surface area contributed by atoms with Gasteiger partial charge in [-0.3, -0.25) is 9.59 Å². The van der Waals surface area contributed by atoms with Crippen molar-refractivity contribution in [2.45, 2.75) is 155 Å². The summed E-state index contributed by atoms with van der Waals surface area (Å²) < 4.78 is 0. The van der Waals surface area contributed by atoms with E-state index < -0.39 is 11.9 Å². The Morgan fingerprint density at radius 1 is 0.400 bits per heavy atom. The largest absolute Gasteiger partial charge is 0.481 e. The van der Waals surface area contributed by atoms with E-state index in [9.17, 15) is 9.59 Å². The van der Waals surface area contributed by atoms with Crippen molar-refractivity contribution in [2.75, 3.05) is 0 Å². The van der Waals surface area contributed by atoms with Crippen LogP contribution in [-0.2, 0) is 9.59 Å². The van der Waals surface area contributed by atoms with Crippen LogP contribution in [0.15, 0.2) is 0 Å². The Kier molecular flexibility index (Phi) is 29.0. The Morgan fingerprint density at radius 3 is 0.800 bits per heavy atom. The normalized spacial score (nSPS) is 10.5. The predicted molar refractivity (Wildman–Crippen MR) is 128 cm³/mol. The molecule has 0 unspecified atom stereocenters. The van der Waals surface area contributed by atoms with Gasteiger partial charge in [-0.1, -0.05) is 129 Å². The van der Waals surface area contributed by atoms with E-state index in [4.69, 9.17) is 10.2 Å². The molecule has 0 aliphatic rings. The smallest absolute Gasteiger partial charge is 0.303 e. The molecule has 0 saturated heterocycles. The molecule has 0 fully saturated rings. The molecule has 4 nitrogen and oxygen atoms in total. The molecule has 0 aromatic carbocycles. The first-order valence-electron chi connectivity index (χ1n) is 13.0. The highest BCUT2D eigenvalue weighted by Crippen LogP contribution is 2.13. The lowest BCUT2D eigenvalue weighted by Crippen LogP contribution is -1.93. The fraction of sp³-hybridized carbons (Fsp3) is 0.923. The summed E-state index contributed by atoms with van der Waals surface area (Å²) in [5, 5.41) is 16.8. The molecule has 180 valence electrons. The van der Waals surface area contributed by atoms with Gasteiger partial charge in [0.1, 0.15) is 0 Å². The van der Waals surface area contributed by atoms with E-state index in [2.05, 4.69) is 13.8 Å². The molecule has 0 radical (unpaired) electrons. The van der Waals surface area contributed by atoms with Gasteiger partial charge in [0.05, 0.1) is 0 Å². The molecule has 2 N–H and O–H groups in total. The molecule has 0 atom stereocenters. The lowest BCUT2D eigenvalue weighted by atomic mass is 10.0. The van der Waals surface area contributed by atoms with Gasteiger partial charge in [-0.2, -0.15) is 0 Å². The summed E-state index contributed by atoms with van der Waals surface area (Å²) in [6, 6.07) is 0. The third kappa shape index (κ3) is 34.4. The van der Waals surface area contributed by atoms with Gasteiger partial charge in [-0.25, -0.2) is 0 Å². The first kappa shape index (κ1) is 31.1. The number of hydrogen-bond donors (Lipinski definition) is 2. The summed E-state index contributed by atoms with van der Waals surface area (Å²) in [5.74, 6) is -1.32. The molecule has 0 spiro atoms. The highest BCUT2D eigenvalue weighted by molar-refractivity contribution is 5.66. The van der Waals surface area contributed by atoms with Crippen molar-refractivity contribution in [2.24, 2.45) is 0 Å². The van der Waals surface area contributed by atoms with Crippen LogP contribution in [0, 0.1) is 0 Å². The highest BCUT2D eigenvalue weighted by Gasteiger charge is 1.97. The van der Waals surface area contributed by atoms with Crippen LogP contribution in [0.1, 0.15) is 155 Å². The van der Waals surface area contributed by atoms with Crippen LogP contribution >= 0.6 is 0 Å². The molecule has 0 aromatic rings. The third-order valence-corrected chi connectivity index (χ3v) is 5.49. The van der Waals surface area contributed by atoms with Crippen LogP contribution in [0.2, 0.25) is 0 Å². The minimum absolute atomic E-state index is 0.337. The topological polar surface area (TPSA) is 74.6 Å². The second-order valence-electron chi connectivity index (χ2n) is 8.65. The molecule has 30 heavy (non-hydrogen) atoms. The van der Waals surface area contributed by atoms with Crippen molar-refractivity contribution < 1.29 is 19.8 Å². The number of hydrogen-bond acceptors (Lipinski definition) is 2. The van der Waals surface area contributed by atoms with E-state index in [-0.39, 0.29) is 0 Å². The lowest BCUT2D eigenvalue weighted by molar-refractivity contribution is -0.138. The molecule has 4 heteroatoms. The molecule has 0 aliphatic heterocycles. The fourth-order valence-corrected chi connectivity index (χ4v) is 3.53. The zero-order valence-electron chi connectivity index (χ0n) is 20.3. The summed E-state index contributed by atoms with van der Waals surface area (Å²) in [7, 11) is 0. The van der Waals surface area contributed by atoms with Gasteiger partial charge in [0, 0.05) is 12.8 Å². The number of carbonyl (C=O) groups is 2. The minimum atomic E-state index is -0.670. The average molecular weight is 429 g/mol. The van der Waals surface area contributed by atoms with E-state index in [0.717, 1.165) is 25.7 Å². The lowest BCUT2D eigenvalue weighted by Gasteiger charge is -2.03. The van der Waals surface area contributed by atoms with E-state index in [0.29, 0.717) is 12.8 Å². The van der Waals surface area contributed by atoms with E-state index >= 15 is 0 Å². The second kappa shape index (κ2) is 27.9. The maximum Gasteiger partial charge on any atom is 0.303 e. The molecular weight excluding hydrogens is 376 g/mol. The first-order chi connectivity index (χ1) is 14.5. The van der Waals surface area contributed by atoms with Crippen LogP contribution in [0.4, 0.5) is 0 Å². The molecular formula is C26H52O4. The fourth-order valence-electron chi connectivity index (χ4n) is 3.53. The summed E-state index contributed by atoms with van der Waals surface area (Å²) in [6.07, 6.45) is 26.1. The van der Waals surface area contributed by atoms with Crippen molar-refractivity contribution in [3.05, 3.63) is 0 Å². The first-order valence-corrected chi connectivity index (χ1v) is 13.0. The Hall–Kier alpha value is -1.06. The van der Waals surface area contributed by atoms with Crippen LogP contribution in [-0.4, -0.2) is 22.2 Å². The number of unbranched alkanes of at least 4 members (excludes halogenated alkanes) is 18. The van der Waals surface area contributed by atoms with Gasteiger partial charge in [0.2, 0.25) is 0 Å². The Labute approximate surface area is 187 Å². The molecule has 0 aliphatic carbocycles. The number of carboxylic acids is 2. The van der Waals surface area contributed by atoms with Crippen molar-refractivity contribution in [3.63, 3.8) is 0 Å². The summed E-state index contributed by atoms with van der Waals surface area (Å²) in [5.41, 5.74) is 0. The minimum Gasteiger partial charge on any atom is -0.481 e. The van der Waals surface area contributed by atoms with Crippen molar-refractivity contribution in [3.8, 4) is 0 Å². The monoisotopic (exact) mass is 428 g/mol. The number of rotatable bonds is 22. The van der Waals surface area contributed by atoms with Crippen LogP contribution in [0.5, 0.6) is 0 Å². The summed E-state index contributed by atoms with van der Waals surface area (Å²) in [4.78, 5) is 20.4. The zero-order valence-corrected chi connectivity index (χ0v) is 20.3. The van der Waals surface area contributed by atoms with Crippen molar-refractivity contribution in [1.29, 1.82) is 0 Å².